The normalized spacial score (nSPS) is 17.6. The van der Waals surface area contributed by atoms with Crippen molar-refractivity contribution in [2.45, 2.75) is 31.7 Å². The van der Waals surface area contributed by atoms with E-state index in [1.165, 1.54) is 25.1 Å². The van der Waals surface area contributed by atoms with Crippen molar-refractivity contribution in [1.29, 1.82) is 0 Å². The molecule has 0 saturated carbocycles. The minimum absolute atomic E-state index is 0.257. The summed E-state index contributed by atoms with van der Waals surface area (Å²) in [6.45, 7) is 3.74. The van der Waals surface area contributed by atoms with E-state index in [-0.39, 0.29) is 5.56 Å². The van der Waals surface area contributed by atoms with Crippen molar-refractivity contribution in [3.05, 3.63) is 70.5 Å². The van der Waals surface area contributed by atoms with Gasteiger partial charge >= 0.3 is 5.97 Å². The van der Waals surface area contributed by atoms with Crippen LogP contribution in [0.2, 0.25) is 0 Å². The van der Waals surface area contributed by atoms with Gasteiger partial charge in [-0.15, -0.1) is 0 Å². The second kappa shape index (κ2) is 10.2. The molecule has 2 aliphatic rings. The van der Waals surface area contributed by atoms with Gasteiger partial charge in [0.05, 0.1) is 28.6 Å². The summed E-state index contributed by atoms with van der Waals surface area (Å²) >= 11 is 1.63. The highest BCUT2D eigenvalue weighted by Gasteiger charge is 2.27. The van der Waals surface area contributed by atoms with Crippen LogP contribution in [0.3, 0.4) is 0 Å². The molecular weight excluding hydrogens is 500 g/mol. The van der Waals surface area contributed by atoms with Crippen LogP contribution in [-0.4, -0.2) is 60.0 Å². The summed E-state index contributed by atoms with van der Waals surface area (Å²) in [5.41, 5.74) is 3.58. The molecule has 0 unspecified atom stereocenters. The number of rotatable bonds is 7. The maximum absolute atomic E-state index is 12.7. The van der Waals surface area contributed by atoms with Crippen LogP contribution in [0.25, 0.3) is 27.2 Å². The molecule has 38 heavy (non-hydrogen) atoms. The number of fused-ring (bicyclic) bond motifs is 1. The van der Waals surface area contributed by atoms with E-state index >= 15 is 0 Å². The summed E-state index contributed by atoms with van der Waals surface area (Å²) in [6, 6.07) is 15.8. The fourth-order valence-corrected chi connectivity index (χ4v) is 6.67. The smallest absolute Gasteiger partial charge is 0.341 e. The number of hydrogen-bond acceptors (Lipinski definition) is 7. The Hall–Kier alpha value is -3.69. The van der Waals surface area contributed by atoms with Crippen LogP contribution in [0.5, 0.6) is 0 Å². The van der Waals surface area contributed by atoms with E-state index in [0.717, 1.165) is 64.8 Å². The van der Waals surface area contributed by atoms with E-state index in [9.17, 15) is 14.7 Å². The van der Waals surface area contributed by atoms with Gasteiger partial charge in [-0.05, 0) is 61.6 Å². The van der Waals surface area contributed by atoms with Crippen LogP contribution >= 0.6 is 11.3 Å². The Labute approximate surface area is 224 Å². The lowest BCUT2D eigenvalue weighted by atomic mass is 10.1. The number of thiazole rings is 1. The molecule has 0 radical (unpaired) electrons. The predicted octanol–water partition coefficient (Wildman–Crippen LogP) is 5.03. The fourth-order valence-electron chi connectivity index (χ4n) is 5.58. The molecule has 196 valence electrons. The first-order chi connectivity index (χ1) is 18.5. The van der Waals surface area contributed by atoms with E-state index in [2.05, 4.69) is 21.9 Å². The van der Waals surface area contributed by atoms with Crippen LogP contribution in [0.15, 0.2) is 59.5 Å². The van der Waals surface area contributed by atoms with Crippen molar-refractivity contribution in [2.75, 3.05) is 43.2 Å². The Morgan fingerprint density at radius 1 is 1.05 bits per heavy atom. The highest BCUT2D eigenvalue weighted by Crippen LogP contribution is 2.35. The number of anilines is 2. The average Bonchev–Trinajstić information content (AvgIpc) is 3.69. The number of pyridine rings is 1. The van der Waals surface area contributed by atoms with Crippen molar-refractivity contribution in [2.24, 2.45) is 0 Å². The van der Waals surface area contributed by atoms with Crippen LogP contribution in [0.4, 0.5) is 10.8 Å². The third-order valence-electron chi connectivity index (χ3n) is 7.54. The second-order valence-corrected chi connectivity index (χ2v) is 11.0. The molecule has 4 heterocycles. The van der Waals surface area contributed by atoms with Gasteiger partial charge in [0.25, 0.3) is 0 Å². The Morgan fingerprint density at radius 2 is 1.82 bits per heavy atom. The molecule has 1 atom stereocenters. The zero-order valence-electron chi connectivity index (χ0n) is 21.3. The highest BCUT2D eigenvalue weighted by molar-refractivity contribution is 7.22. The SMILES string of the molecule is COC[C@H]1CCCN1c1nc2ccc(-n3cc(C(=O)O)c(=O)cc3-c3ccc(N4CCCC4)cc3)cc2s1. The third kappa shape index (κ3) is 4.56. The van der Waals surface area contributed by atoms with E-state index < -0.39 is 11.4 Å². The van der Waals surface area contributed by atoms with Crippen LogP contribution in [0, 0.1) is 0 Å². The molecular formula is C29H30N4O4S. The number of aromatic nitrogens is 2. The van der Waals surface area contributed by atoms with Crippen molar-refractivity contribution in [3.8, 4) is 16.9 Å². The van der Waals surface area contributed by atoms with Gasteiger partial charge in [-0.3, -0.25) is 4.79 Å². The summed E-state index contributed by atoms with van der Waals surface area (Å²) in [7, 11) is 1.73. The third-order valence-corrected chi connectivity index (χ3v) is 8.59. The molecule has 2 saturated heterocycles. The standard InChI is InChI=1S/C29H30N4O4S/c1-37-18-22-5-4-14-32(22)29-30-24-11-10-21(15-27(24)38-29)33-17-23(28(35)36)26(34)16-25(33)19-6-8-20(9-7-19)31-12-2-3-13-31/h6-11,15-17,22H,2-5,12-14,18H2,1H3,(H,35,36)/t22-/m1/s1. The Bertz CT molecular complexity index is 1540. The summed E-state index contributed by atoms with van der Waals surface area (Å²) < 4.78 is 8.23. The summed E-state index contributed by atoms with van der Waals surface area (Å²) in [4.78, 5) is 34.1. The van der Waals surface area contributed by atoms with Gasteiger partial charge in [0.2, 0.25) is 0 Å². The topological polar surface area (TPSA) is 87.9 Å². The lowest BCUT2D eigenvalue weighted by Gasteiger charge is -2.22. The van der Waals surface area contributed by atoms with Crippen molar-refractivity contribution < 1.29 is 14.6 Å². The first-order valence-corrected chi connectivity index (χ1v) is 13.9. The minimum Gasteiger partial charge on any atom is -0.477 e. The molecule has 0 spiro atoms. The van der Waals surface area contributed by atoms with Crippen molar-refractivity contribution >= 4 is 38.3 Å². The lowest BCUT2D eigenvalue weighted by Crippen LogP contribution is -2.32. The van der Waals surface area contributed by atoms with E-state index in [4.69, 9.17) is 9.72 Å². The van der Waals surface area contributed by atoms with Gasteiger partial charge in [0, 0.05) is 50.4 Å². The number of hydrogen-bond donors (Lipinski definition) is 1. The van der Waals surface area contributed by atoms with Gasteiger partial charge in [-0.25, -0.2) is 9.78 Å². The molecule has 2 aliphatic heterocycles. The van der Waals surface area contributed by atoms with Crippen LogP contribution in [0.1, 0.15) is 36.0 Å². The highest BCUT2D eigenvalue weighted by atomic mass is 32.1. The minimum atomic E-state index is -1.24. The summed E-state index contributed by atoms with van der Waals surface area (Å²) in [5, 5.41) is 10.7. The van der Waals surface area contributed by atoms with E-state index in [0.29, 0.717) is 18.3 Å². The Morgan fingerprint density at radius 3 is 2.55 bits per heavy atom. The summed E-state index contributed by atoms with van der Waals surface area (Å²) in [6.07, 6.45) is 6.04. The van der Waals surface area contributed by atoms with Crippen molar-refractivity contribution in [1.82, 2.24) is 9.55 Å². The number of carboxylic acids is 1. The number of benzene rings is 2. The molecule has 2 fully saturated rings. The quantitative estimate of drug-likeness (QED) is 0.359. The average molecular weight is 531 g/mol. The molecule has 0 aliphatic carbocycles. The largest absolute Gasteiger partial charge is 0.477 e. The summed E-state index contributed by atoms with van der Waals surface area (Å²) in [5.74, 6) is -1.24. The maximum atomic E-state index is 12.7. The van der Waals surface area contributed by atoms with Gasteiger partial charge in [-0.1, -0.05) is 23.5 Å². The Balaban J connectivity index is 1.41. The maximum Gasteiger partial charge on any atom is 0.341 e. The molecule has 6 rings (SSSR count). The zero-order chi connectivity index (χ0) is 26.2. The predicted molar refractivity (Wildman–Crippen MR) is 151 cm³/mol. The molecule has 0 bridgehead atoms. The number of nitrogens with zero attached hydrogens (tertiary/aromatic N) is 4. The Kier molecular flexibility index (Phi) is 6.63. The molecule has 9 heteroatoms. The number of methoxy groups -OCH3 is 1. The van der Waals surface area contributed by atoms with Gasteiger partial charge < -0.3 is 24.2 Å². The molecule has 0 amide bonds. The van der Waals surface area contributed by atoms with Gasteiger partial charge in [0.15, 0.2) is 10.6 Å². The lowest BCUT2D eigenvalue weighted by molar-refractivity contribution is 0.0695. The number of ether oxygens (including phenoxy) is 1. The molecule has 2 aromatic carbocycles. The first kappa shape index (κ1) is 24.6. The van der Waals surface area contributed by atoms with Crippen LogP contribution < -0.4 is 15.2 Å². The zero-order valence-corrected chi connectivity index (χ0v) is 22.1. The molecule has 8 nitrogen and oxygen atoms in total. The number of aromatic carboxylic acids is 1. The number of carboxylic acid groups (broad SMARTS) is 1. The first-order valence-electron chi connectivity index (χ1n) is 13.0. The molecule has 4 aromatic rings. The molecule has 1 N–H and O–H groups in total. The van der Waals surface area contributed by atoms with Crippen LogP contribution in [-0.2, 0) is 4.74 Å². The number of carbonyl (C=O) groups is 1. The van der Waals surface area contributed by atoms with Gasteiger partial charge in [-0.2, -0.15) is 0 Å². The van der Waals surface area contributed by atoms with E-state index in [1.54, 1.807) is 23.0 Å². The monoisotopic (exact) mass is 530 g/mol. The molecule has 2 aromatic heterocycles. The second-order valence-electron chi connectivity index (χ2n) is 9.95. The van der Waals surface area contributed by atoms with Gasteiger partial charge in [0.1, 0.15) is 5.56 Å². The fraction of sp³-hybridized carbons (Fsp3) is 0.345. The van der Waals surface area contributed by atoms with Crippen molar-refractivity contribution in [3.63, 3.8) is 0 Å². The van der Waals surface area contributed by atoms with E-state index in [1.807, 2.05) is 30.3 Å².